The molecule has 0 saturated heterocycles. The van der Waals surface area contributed by atoms with Crippen LogP contribution in [0.2, 0.25) is 9.79 Å². The summed E-state index contributed by atoms with van der Waals surface area (Å²) in [6.45, 7) is 18.1. The van der Waals surface area contributed by atoms with E-state index < -0.39 is 0 Å². The fourth-order valence-electron chi connectivity index (χ4n) is 6.55. The Hall–Kier alpha value is -1.82. The Morgan fingerprint density at radius 3 is 0.936 bits per heavy atom. The molecule has 0 amide bonds. The number of hydrogen-bond donors (Lipinski definition) is 0. The molecule has 1 aliphatic heterocycles. The van der Waals surface area contributed by atoms with E-state index in [-0.39, 0.29) is 0 Å². The Balaban J connectivity index is 0.00000142. The molecule has 0 N–H and O–H groups in total. The third kappa shape index (κ3) is 13.5. The SMILES string of the molecule is CCCCC1=C(c2cc(CCCC)cc(CCCC)c2)[N+](=[N-])C(c2cc(CCCC)cc(CCCC)c2)=C1CCCC.C[CH2][Pd][CH2]C. The van der Waals surface area contributed by atoms with Gasteiger partial charge in [-0.3, -0.25) is 0 Å². The van der Waals surface area contributed by atoms with Crippen LogP contribution >= 0.6 is 0 Å². The first kappa shape index (κ1) is 41.4. The molecule has 266 valence electrons. The van der Waals surface area contributed by atoms with Crippen LogP contribution in [0.25, 0.3) is 16.9 Å². The Labute approximate surface area is 300 Å². The average molecular weight is 733 g/mol. The molecule has 2 aromatic rings. The molecule has 2 nitrogen and oxygen atoms in total. The third-order valence-electron chi connectivity index (χ3n) is 9.16. The van der Waals surface area contributed by atoms with Gasteiger partial charge in [-0.1, -0.05) is 92.2 Å². The van der Waals surface area contributed by atoms with Gasteiger partial charge in [-0.15, -0.1) is 0 Å². The van der Waals surface area contributed by atoms with E-state index in [0.717, 1.165) is 93.6 Å². The van der Waals surface area contributed by atoms with Crippen molar-refractivity contribution in [2.75, 3.05) is 0 Å². The van der Waals surface area contributed by atoms with Gasteiger partial charge >= 0.3 is 41.6 Å². The van der Waals surface area contributed by atoms with Crippen LogP contribution in [0, 0.1) is 0 Å². The van der Waals surface area contributed by atoms with E-state index in [9.17, 15) is 5.53 Å². The Morgan fingerprint density at radius 1 is 0.426 bits per heavy atom. The van der Waals surface area contributed by atoms with Gasteiger partial charge in [0, 0.05) is 22.3 Å². The van der Waals surface area contributed by atoms with Gasteiger partial charge in [0.1, 0.15) is 0 Å². The summed E-state index contributed by atoms with van der Waals surface area (Å²) < 4.78 is 1.63. The number of aryl methyl sites for hydroxylation is 4. The Bertz CT molecular complexity index is 1120. The zero-order valence-electron chi connectivity index (χ0n) is 31.8. The summed E-state index contributed by atoms with van der Waals surface area (Å²) in [5.41, 5.74) is 25.2. The molecule has 0 saturated carbocycles. The first-order valence-electron chi connectivity index (χ1n) is 19.6. The molecular formula is C44H70N2Pd. The molecule has 1 aliphatic rings. The molecule has 2 aromatic carbocycles. The van der Waals surface area contributed by atoms with Crippen molar-refractivity contribution in [3.05, 3.63) is 86.5 Å². The van der Waals surface area contributed by atoms with E-state index in [1.165, 1.54) is 106 Å². The van der Waals surface area contributed by atoms with E-state index in [1.807, 2.05) is 0 Å². The van der Waals surface area contributed by atoms with Crippen molar-refractivity contribution in [1.29, 1.82) is 0 Å². The summed E-state index contributed by atoms with van der Waals surface area (Å²) in [7, 11) is 0. The normalized spacial score (nSPS) is 13.1. The second kappa shape index (κ2) is 24.3. The van der Waals surface area contributed by atoms with Crippen LogP contribution in [0.5, 0.6) is 0 Å². The van der Waals surface area contributed by atoms with Gasteiger partial charge in [0.05, 0.1) is 0 Å². The van der Waals surface area contributed by atoms with Crippen LogP contribution in [-0.4, -0.2) is 4.70 Å². The van der Waals surface area contributed by atoms with Crippen molar-refractivity contribution in [2.45, 2.75) is 181 Å². The van der Waals surface area contributed by atoms with Gasteiger partial charge in [-0.05, 0) is 124 Å². The van der Waals surface area contributed by atoms with Crippen molar-refractivity contribution in [2.24, 2.45) is 0 Å². The maximum absolute atomic E-state index is 12.3. The van der Waals surface area contributed by atoms with Crippen molar-refractivity contribution >= 4 is 11.4 Å². The molecule has 0 fully saturated rings. The maximum atomic E-state index is 12.3. The van der Waals surface area contributed by atoms with Crippen molar-refractivity contribution in [3.8, 4) is 0 Å². The number of hydrogen-bond acceptors (Lipinski definition) is 0. The molecule has 0 bridgehead atoms. The summed E-state index contributed by atoms with van der Waals surface area (Å²) in [4.78, 5) is 2.79. The Morgan fingerprint density at radius 2 is 0.702 bits per heavy atom. The van der Waals surface area contributed by atoms with Gasteiger partial charge in [-0.25, -0.2) is 4.70 Å². The monoisotopic (exact) mass is 732 g/mol. The van der Waals surface area contributed by atoms with Crippen LogP contribution in [0.1, 0.15) is 179 Å². The first-order valence-corrected chi connectivity index (χ1v) is 21.8. The minimum atomic E-state index is 1.02. The summed E-state index contributed by atoms with van der Waals surface area (Å²) >= 11 is 1.04. The van der Waals surface area contributed by atoms with Crippen molar-refractivity contribution < 1.29 is 22.7 Å². The van der Waals surface area contributed by atoms with E-state index >= 15 is 0 Å². The van der Waals surface area contributed by atoms with Gasteiger partial charge in [-0.2, -0.15) is 0 Å². The molecule has 3 rings (SSSR count). The van der Waals surface area contributed by atoms with Gasteiger partial charge < -0.3 is 5.53 Å². The summed E-state index contributed by atoms with van der Waals surface area (Å²) in [5.74, 6) is 0. The summed E-state index contributed by atoms with van der Waals surface area (Å²) in [6, 6.07) is 14.4. The molecule has 3 heteroatoms. The molecule has 47 heavy (non-hydrogen) atoms. The van der Waals surface area contributed by atoms with Crippen LogP contribution in [0.15, 0.2) is 47.5 Å². The quantitative estimate of drug-likeness (QED) is 0.0851. The molecule has 0 spiro atoms. The number of allylic oxidation sites excluding steroid dienone is 2. The van der Waals surface area contributed by atoms with Crippen molar-refractivity contribution in [3.63, 3.8) is 0 Å². The average Bonchev–Trinajstić information content (AvgIpc) is 3.36. The number of unbranched alkanes of at least 4 members (excludes halogenated alkanes) is 6. The fraction of sp³-hybridized carbons (Fsp3) is 0.636. The molecule has 1 heterocycles. The van der Waals surface area contributed by atoms with E-state index in [1.54, 1.807) is 4.70 Å². The van der Waals surface area contributed by atoms with Crippen molar-refractivity contribution in [1.82, 2.24) is 0 Å². The van der Waals surface area contributed by atoms with Crippen LogP contribution < -0.4 is 0 Å². The molecule has 0 atom stereocenters. The Kier molecular flexibility index (Phi) is 21.4. The zero-order chi connectivity index (χ0) is 34.4. The second-order valence-electron chi connectivity index (χ2n) is 13.3. The predicted molar refractivity (Wildman–Crippen MR) is 205 cm³/mol. The van der Waals surface area contributed by atoms with E-state index in [4.69, 9.17) is 0 Å². The topological polar surface area (TPSA) is 25.3 Å². The van der Waals surface area contributed by atoms with Crippen LogP contribution in [0.4, 0.5) is 0 Å². The van der Waals surface area contributed by atoms with E-state index in [0.29, 0.717) is 0 Å². The standard InChI is InChI=1S/C40H60N2.2C2H5.Pd/c1-7-13-19-31-25-32(20-14-8-2)28-35(27-31)39-37(23-17-11-5)38(24-18-12-6)40(42(39)41)36-29-33(21-15-9-3)26-34(30-36)22-16-10-4;2*1-2;/h25-30H,7-24H2,1-6H3;2*1H2,2H3;. The number of benzene rings is 2. The molecular weight excluding hydrogens is 663 g/mol. The molecule has 0 unspecified atom stereocenters. The van der Waals surface area contributed by atoms with Gasteiger partial charge in [0.2, 0.25) is 11.4 Å². The third-order valence-corrected chi connectivity index (χ3v) is 10.7. The molecule has 0 radical (unpaired) electrons. The fourth-order valence-corrected chi connectivity index (χ4v) is 7.33. The van der Waals surface area contributed by atoms with Gasteiger partial charge in [0.25, 0.3) is 0 Å². The van der Waals surface area contributed by atoms with Crippen LogP contribution in [-0.2, 0) is 43.7 Å². The van der Waals surface area contributed by atoms with E-state index in [2.05, 4.69) is 91.8 Å². The second-order valence-corrected chi connectivity index (χ2v) is 16.2. The zero-order valence-corrected chi connectivity index (χ0v) is 33.4. The molecule has 0 aromatic heterocycles. The number of nitrogens with zero attached hydrogens (tertiary/aromatic N) is 2. The summed E-state index contributed by atoms with van der Waals surface area (Å²) in [6.07, 6.45) is 20.7. The van der Waals surface area contributed by atoms with Gasteiger partial charge in [0.15, 0.2) is 0 Å². The molecule has 0 aliphatic carbocycles. The summed E-state index contributed by atoms with van der Waals surface area (Å²) in [5, 5.41) is 0. The number of rotatable bonds is 22. The first-order chi connectivity index (χ1) is 22.9. The predicted octanol–water partition coefficient (Wildman–Crippen LogP) is 14.6. The van der Waals surface area contributed by atoms with Crippen LogP contribution in [0.3, 0.4) is 0 Å². The minimum absolute atomic E-state index is 1.02.